The first-order chi connectivity index (χ1) is 11.5. The molecule has 2 rings (SSSR count). The zero-order valence-electron chi connectivity index (χ0n) is 14.1. The summed E-state index contributed by atoms with van der Waals surface area (Å²) in [6.07, 6.45) is 3.31. The summed E-state index contributed by atoms with van der Waals surface area (Å²) in [6.45, 7) is 3.99. The molecule has 0 bridgehead atoms. The monoisotopic (exact) mass is 334 g/mol. The van der Waals surface area contributed by atoms with Gasteiger partial charge in [0.05, 0.1) is 12.7 Å². The maximum atomic E-state index is 12.4. The molecule has 0 aliphatic heterocycles. The number of carboxylic acids is 1. The third-order valence-corrected chi connectivity index (χ3v) is 4.28. The lowest BCUT2D eigenvalue weighted by Gasteiger charge is -2.17. The number of aromatic hydroxyl groups is 1. The highest BCUT2D eigenvalue weighted by Gasteiger charge is 2.26. The molecule has 0 spiro atoms. The van der Waals surface area contributed by atoms with E-state index in [0.717, 1.165) is 19.3 Å². The molecular weight excluding hydrogens is 312 g/mol. The molecule has 0 aliphatic carbocycles. The third kappa shape index (κ3) is 3.09. The van der Waals surface area contributed by atoms with Crippen molar-refractivity contribution in [3.05, 3.63) is 33.7 Å². The second kappa shape index (κ2) is 7.38. The van der Waals surface area contributed by atoms with Crippen LogP contribution in [0.1, 0.15) is 61.4 Å². The van der Waals surface area contributed by atoms with Crippen molar-refractivity contribution in [2.45, 2.75) is 45.4 Å². The molecular formula is C18H22O6. The van der Waals surface area contributed by atoms with Crippen LogP contribution >= 0.6 is 0 Å². The molecule has 1 atom stereocenters. The number of carboxylic acid groups (broad SMARTS) is 1. The summed E-state index contributed by atoms with van der Waals surface area (Å²) in [4.78, 5) is 23.8. The van der Waals surface area contributed by atoms with Gasteiger partial charge in [-0.15, -0.1) is 0 Å². The Hall–Kier alpha value is -2.50. The Morgan fingerprint density at radius 1 is 1.33 bits per heavy atom. The van der Waals surface area contributed by atoms with Crippen molar-refractivity contribution in [1.82, 2.24) is 0 Å². The molecule has 24 heavy (non-hydrogen) atoms. The second-order valence-corrected chi connectivity index (χ2v) is 5.72. The zero-order valence-corrected chi connectivity index (χ0v) is 14.1. The Morgan fingerprint density at radius 3 is 2.58 bits per heavy atom. The number of carbonyl (C=O) groups is 1. The lowest BCUT2D eigenvalue weighted by atomic mass is 9.90. The predicted molar refractivity (Wildman–Crippen MR) is 90.2 cm³/mol. The van der Waals surface area contributed by atoms with Gasteiger partial charge >= 0.3 is 11.6 Å². The van der Waals surface area contributed by atoms with Crippen LogP contribution in [0.3, 0.4) is 0 Å². The van der Waals surface area contributed by atoms with Crippen LogP contribution in [0, 0.1) is 0 Å². The van der Waals surface area contributed by atoms with Crippen LogP contribution in [-0.4, -0.2) is 23.3 Å². The summed E-state index contributed by atoms with van der Waals surface area (Å²) >= 11 is 0. The first kappa shape index (κ1) is 17.8. The predicted octanol–water partition coefficient (Wildman–Crippen LogP) is 3.89. The maximum absolute atomic E-state index is 12.4. The fraction of sp³-hybridized carbons (Fsp3) is 0.444. The summed E-state index contributed by atoms with van der Waals surface area (Å²) in [6, 6.07) is 2.74. The SMILES string of the molecule is CCCCC(CC)c1c(O)c2c(OC)ccc(C(=O)O)c2oc1=O. The Bertz CT molecular complexity index is 805. The van der Waals surface area contributed by atoms with Crippen LogP contribution < -0.4 is 10.4 Å². The number of fused-ring (bicyclic) bond motifs is 1. The van der Waals surface area contributed by atoms with E-state index in [1.165, 1.54) is 19.2 Å². The molecule has 0 saturated heterocycles. The van der Waals surface area contributed by atoms with Gasteiger partial charge in [0.2, 0.25) is 0 Å². The Kier molecular flexibility index (Phi) is 5.49. The van der Waals surface area contributed by atoms with E-state index in [9.17, 15) is 19.8 Å². The highest BCUT2D eigenvalue weighted by atomic mass is 16.5. The minimum Gasteiger partial charge on any atom is -0.506 e. The fourth-order valence-electron chi connectivity index (χ4n) is 2.98. The largest absolute Gasteiger partial charge is 0.506 e. The maximum Gasteiger partial charge on any atom is 0.343 e. The molecule has 1 heterocycles. The second-order valence-electron chi connectivity index (χ2n) is 5.72. The number of ether oxygens (including phenoxy) is 1. The van der Waals surface area contributed by atoms with Gasteiger partial charge in [-0.3, -0.25) is 0 Å². The molecule has 6 nitrogen and oxygen atoms in total. The van der Waals surface area contributed by atoms with E-state index in [2.05, 4.69) is 6.92 Å². The van der Waals surface area contributed by atoms with E-state index < -0.39 is 11.6 Å². The van der Waals surface area contributed by atoms with Gasteiger partial charge in [0.15, 0.2) is 5.58 Å². The lowest BCUT2D eigenvalue weighted by Crippen LogP contribution is -2.14. The lowest BCUT2D eigenvalue weighted by molar-refractivity contribution is 0.0697. The van der Waals surface area contributed by atoms with Crippen molar-refractivity contribution >= 4 is 16.9 Å². The molecule has 1 aromatic heterocycles. The fourth-order valence-corrected chi connectivity index (χ4v) is 2.98. The molecule has 0 aliphatic rings. The Labute approximate surface area is 139 Å². The van der Waals surface area contributed by atoms with Crippen LogP contribution in [0.15, 0.2) is 21.3 Å². The number of unbranched alkanes of at least 4 members (excludes halogenated alkanes) is 1. The Morgan fingerprint density at radius 2 is 2.04 bits per heavy atom. The number of benzene rings is 1. The van der Waals surface area contributed by atoms with Crippen molar-refractivity contribution in [3.63, 3.8) is 0 Å². The molecule has 0 amide bonds. The number of rotatable bonds is 7. The topological polar surface area (TPSA) is 97.0 Å². The molecule has 0 radical (unpaired) electrons. The highest BCUT2D eigenvalue weighted by Crippen LogP contribution is 2.40. The molecule has 2 N–H and O–H groups in total. The van der Waals surface area contributed by atoms with E-state index in [4.69, 9.17) is 9.15 Å². The first-order valence-electron chi connectivity index (χ1n) is 8.06. The molecule has 2 aromatic rings. The molecule has 0 fully saturated rings. The summed E-state index contributed by atoms with van der Waals surface area (Å²) in [7, 11) is 1.41. The average Bonchev–Trinajstić information content (AvgIpc) is 2.56. The van der Waals surface area contributed by atoms with Gasteiger partial charge in [-0.05, 0) is 30.9 Å². The minimum atomic E-state index is -1.24. The van der Waals surface area contributed by atoms with Crippen LogP contribution in [0.2, 0.25) is 0 Å². The van der Waals surface area contributed by atoms with Gasteiger partial charge in [-0.25, -0.2) is 9.59 Å². The summed E-state index contributed by atoms with van der Waals surface area (Å²) < 4.78 is 10.5. The molecule has 1 unspecified atom stereocenters. The van der Waals surface area contributed by atoms with Crippen molar-refractivity contribution in [3.8, 4) is 11.5 Å². The van der Waals surface area contributed by atoms with Crippen molar-refractivity contribution in [1.29, 1.82) is 0 Å². The van der Waals surface area contributed by atoms with E-state index in [1.807, 2.05) is 6.92 Å². The van der Waals surface area contributed by atoms with Gasteiger partial charge < -0.3 is 19.4 Å². The van der Waals surface area contributed by atoms with Gasteiger partial charge in [0, 0.05) is 0 Å². The Balaban J connectivity index is 2.81. The third-order valence-electron chi connectivity index (χ3n) is 4.28. The van der Waals surface area contributed by atoms with Gasteiger partial charge in [-0.1, -0.05) is 26.7 Å². The van der Waals surface area contributed by atoms with E-state index in [1.54, 1.807) is 0 Å². The minimum absolute atomic E-state index is 0.127. The van der Waals surface area contributed by atoms with Gasteiger partial charge in [0.1, 0.15) is 22.4 Å². The van der Waals surface area contributed by atoms with E-state index in [-0.39, 0.29) is 39.5 Å². The van der Waals surface area contributed by atoms with Crippen molar-refractivity contribution < 1.29 is 24.2 Å². The average molecular weight is 334 g/mol. The number of aromatic carboxylic acids is 1. The van der Waals surface area contributed by atoms with E-state index >= 15 is 0 Å². The standard InChI is InChI=1S/C18H22O6/c1-4-6-7-10(5-2)13-15(19)14-12(23-3)9-8-11(17(20)21)16(14)24-18(13)22/h8-10,19H,4-7H2,1-3H3,(H,20,21). The number of hydrogen-bond donors (Lipinski definition) is 2. The van der Waals surface area contributed by atoms with Crippen LogP contribution in [0.4, 0.5) is 0 Å². The normalized spacial score (nSPS) is 12.3. The zero-order chi connectivity index (χ0) is 17.9. The smallest absolute Gasteiger partial charge is 0.343 e. The van der Waals surface area contributed by atoms with Crippen LogP contribution in [-0.2, 0) is 0 Å². The van der Waals surface area contributed by atoms with Gasteiger partial charge in [0.25, 0.3) is 0 Å². The molecule has 1 aromatic carbocycles. The molecule has 0 saturated carbocycles. The van der Waals surface area contributed by atoms with Crippen LogP contribution in [0.25, 0.3) is 11.0 Å². The molecule has 130 valence electrons. The van der Waals surface area contributed by atoms with Crippen molar-refractivity contribution in [2.24, 2.45) is 0 Å². The van der Waals surface area contributed by atoms with Gasteiger partial charge in [-0.2, -0.15) is 0 Å². The first-order valence-corrected chi connectivity index (χ1v) is 8.06. The van der Waals surface area contributed by atoms with E-state index in [0.29, 0.717) is 6.42 Å². The van der Waals surface area contributed by atoms with Crippen LogP contribution in [0.5, 0.6) is 11.5 Å². The van der Waals surface area contributed by atoms with Crippen molar-refractivity contribution in [2.75, 3.05) is 7.11 Å². The summed E-state index contributed by atoms with van der Waals surface area (Å²) in [5.74, 6) is -1.37. The number of methoxy groups -OCH3 is 1. The summed E-state index contributed by atoms with van der Waals surface area (Å²) in [5, 5.41) is 20.1. The molecule has 6 heteroatoms. The summed E-state index contributed by atoms with van der Waals surface area (Å²) in [5.41, 5.74) is -0.859. The number of hydrogen-bond acceptors (Lipinski definition) is 5. The highest BCUT2D eigenvalue weighted by molar-refractivity contribution is 6.05. The quantitative estimate of drug-likeness (QED) is 0.746.